The second-order valence-electron chi connectivity index (χ2n) is 5.00. The van der Waals surface area contributed by atoms with Crippen molar-refractivity contribution in [2.24, 2.45) is 7.05 Å². The van der Waals surface area contributed by atoms with Gasteiger partial charge >= 0.3 is 0 Å². The van der Waals surface area contributed by atoms with Gasteiger partial charge in [-0.15, -0.1) is 0 Å². The van der Waals surface area contributed by atoms with E-state index in [4.69, 9.17) is 0 Å². The van der Waals surface area contributed by atoms with Crippen LogP contribution in [0, 0.1) is 6.92 Å². The number of carbonyl (C=O) groups is 2. The summed E-state index contributed by atoms with van der Waals surface area (Å²) >= 11 is 0. The summed E-state index contributed by atoms with van der Waals surface area (Å²) in [6.45, 7) is 4.22. The van der Waals surface area contributed by atoms with Crippen LogP contribution in [0.15, 0.2) is 6.07 Å². The van der Waals surface area contributed by atoms with Crippen LogP contribution in [0.2, 0.25) is 0 Å². The number of amides is 1. The number of likely N-dealkylation sites (tertiary alicyclic amines) is 1. The van der Waals surface area contributed by atoms with Gasteiger partial charge in [0.2, 0.25) is 0 Å². The standard InChI is InChI=1S/C13H19N3O2/c1-9-7-12(14-15(9)3)13(18)16-6-4-5-11(16)8-10(2)17/h7,11H,4-6,8H2,1-3H3. The molecule has 0 aromatic carbocycles. The molecule has 0 aliphatic carbocycles. The van der Waals surface area contributed by atoms with Crippen LogP contribution in [-0.2, 0) is 11.8 Å². The summed E-state index contributed by atoms with van der Waals surface area (Å²) in [6, 6.07) is 1.85. The molecule has 1 fully saturated rings. The van der Waals surface area contributed by atoms with E-state index in [0.29, 0.717) is 12.1 Å². The predicted octanol–water partition coefficient (Wildman–Crippen LogP) is 1.31. The van der Waals surface area contributed by atoms with Crippen LogP contribution in [0.4, 0.5) is 0 Å². The molecule has 5 heteroatoms. The van der Waals surface area contributed by atoms with Crippen LogP contribution in [0.3, 0.4) is 0 Å². The Morgan fingerprint density at radius 1 is 1.50 bits per heavy atom. The largest absolute Gasteiger partial charge is 0.334 e. The first-order valence-corrected chi connectivity index (χ1v) is 6.30. The van der Waals surface area contributed by atoms with Gasteiger partial charge in [-0.1, -0.05) is 0 Å². The number of rotatable bonds is 3. The molecule has 0 radical (unpaired) electrons. The molecule has 98 valence electrons. The summed E-state index contributed by atoms with van der Waals surface area (Å²) in [7, 11) is 1.82. The molecule has 0 saturated carbocycles. The van der Waals surface area contributed by atoms with Crippen molar-refractivity contribution in [3.8, 4) is 0 Å². The van der Waals surface area contributed by atoms with Gasteiger partial charge in [-0.25, -0.2) is 0 Å². The van der Waals surface area contributed by atoms with E-state index in [9.17, 15) is 9.59 Å². The summed E-state index contributed by atoms with van der Waals surface area (Å²) in [5.41, 5.74) is 1.44. The number of hydrogen-bond donors (Lipinski definition) is 0. The third-order valence-corrected chi connectivity index (χ3v) is 3.49. The summed E-state index contributed by atoms with van der Waals surface area (Å²) in [4.78, 5) is 25.3. The fourth-order valence-corrected chi connectivity index (χ4v) is 2.46. The van der Waals surface area contributed by atoms with Crippen LogP contribution < -0.4 is 0 Å². The smallest absolute Gasteiger partial charge is 0.274 e. The number of aromatic nitrogens is 2. The highest BCUT2D eigenvalue weighted by atomic mass is 16.2. The summed E-state index contributed by atoms with van der Waals surface area (Å²) in [5, 5.41) is 4.21. The molecule has 1 unspecified atom stereocenters. The molecular weight excluding hydrogens is 230 g/mol. The number of Topliss-reactive ketones (excluding diaryl/α,β-unsaturated/α-hetero) is 1. The molecule has 1 aliphatic heterocycles. The molecule has 18 heavy (non-hydrogen) atoms. The molecule has 1 aromatic rings. The number of ketones is 1. The highest BCUT2D eigenvalue weighted by Gasteiger charge is 2.31. The first-order chi connectivity index (χ1) is 8.49. The molecular formula is C13H19N3O2. The van der Waals surface area contributed by atoms with E-state index in [1.165, 1.54) is 0 Å². The number of nitrogens with zero attached hydrogens (tertiary/aromatic N) is 3. The number of carbonyl (C=O) groups excluding carboxylic acids is 2. The van der Waals surface area contributed by atoms with Gasteiger partial charge in [-0.3, -0.25) is 14.3 Å². The zero-order valence-electron chi connectivity index (χ0n) is 11.1. The van der Waals surface area contributed by atoms with Crippen molar-refractivity contribution < 1.29 is 9.59 Å². The quantitative estimate of drug-likeness (QED) is 0.811. The van der Waals surface area contributed by atoms with Crippen LogP contribution in [-0.4, -0.2) is 39.0 Å². The lowest BCUT2D eigenvalue weighted by Gasteiger charge is -2.22. The van der Waals surface area contributed by atoms with Gasteiger partial charge in [0.05, 0.1) is 0 Å². The Morgan fingerprint density at radius 3 is 2.78 bits per heavy atom. The SMILES string of the molecule is CC(=O)CC1CCCN1C(=O)c1cc(C)n(C)n1. The molecule has 2 rings (SSSR count). The first kappa shape index (κ1) is 12.8. The number of aryl methyl sites for hydroxylation is 2. The zero-order chi connectivity index (χ0) is 13.3. The molecule has 1 aromatic heterocycles. The highest BCUT2D eigenvalue weighted by Crippen LogP contribution is 2.22. The molecule has 0 N–H and O–H groups in total. The highest BCUT2D eigenvalue weighted by molar-refractivity contribution is 5.93. The Labute approximate surface area is 107 Å². The lowest BCUT2D eigenvalue weighted by atomic mass is 10.1. The minimum atomic E-state index is -0.0533. The summed E-state index contributed by atoms with van der Waals surface area (Å²) < 4.78 is 1.70. The average molecular weight is 249 g/mol. The molecule has 1 atom stereocenters. The fourth-order valence-electron chi connectivity index (χ4n) is 2.46. The summed E-state index contributed by atoms with van der Waals surface area (Å²) in [6.07, 6.45) is 2.34. The topological polar surface area (TPSA) is 55.2 Å². The molecule has 1 amide bonds. The van der Waals surface area contributed by atoms with E-state index < -0.39 is 0 Å². The first-order valence-electron chi connectivity index (χ1n) is 6.30. The van der Waals surface area contributed by atoms with Gasteiger partial charge in [0.25, 0.3) is 5.91 Å². The van der Waals surface area contributed by atoms with E-state index in [1.807, 2.05) is 14.0 Å². The molecule has 0 spiro atoms. The van der Waals surface area contributed by atoms with E-state index in [0.717, 1.165) is 25.1 Å². The maximum absolute atomic E-state index is 12.3. The van der Waals surface area contributed by atoms with E-state index in [-0.39, 0.29) is 17.7 Å². The van der Waals surface area contributed by atoms with Crippen LogP contribution in [0.5, 0.6) is 0 Å². The fraction of sp³-hybridized carbons (Fsp3) is 0.615. The van der Waals surface area contributed by atoms with Crippen molar-refractivity contribution in [3.05, 3.63) is 17.5 Å². The predicted molar refractivity (Wildman–Crippen MR) is 67.3 cm³/mol. The minimum absolute atomic E-state index is 0.0531. The molecule has 5 nitrogen and oxygen atoms in total. The Hall–Kier alpha value is -1.65. The van der Waals surface area contributed by atoms with Gasteiger partial charge in [0.15, 0.2) is 5.69 Å². The number of hydrogen-bond acceptors (Lipinski definition) is 3. The normalized spacial score (nSPS) is 19.3. The van der Waals surface area contributed by atoms with Crippen molar-refractivity contribution in [3.63, 3.8) is 0 Å². The van der Waals surface area contributed by atoms with Crippen molar-refractivity contribution >= 4 is 11.7 Å². The van der Waals surface area contributed by atoms with E-state index in [2.05, 4.69) is 5.10 Å². The Morgan fingerprint density at radius 2 is 2.22 bits per heavy atom. The van der Waals surface area contributed by atoms with Crippen LogP contribution in [0.1, 0.15) is 42.4 Å². The lowest BCUT2D eigenvalue weighted by Crippen LogP contribution is -2.36. The van der Waals surface area contributed by atoms with Crippen molar-refractivity contribution in [2.45, 2.75) is 39.2 Å². The van der Waals surface area contributed by atoms with Crippen LogP contribution in [0.25, 0.3) is 0 Å². The average Bonchev–Trinajstić information content (AvgIpc) is 2.85. The lowest BCUT2D eigenvalue weighted by molar-refractivity contribution is -0.117. The monoisotopic (exact) mass is 249 g/mol. The molecule has 0 bridgehead atoms. The van der Waals surface area contributed by atoms with E-state index >= 15 is 0 Å². The van der Waals surface area contributed by atoms with Gasteiger partial charge in [0, 0.05) is 31.7 Å². The maximum atomic E-state index is 12.3. The van der Waals surface area contributed by atoms with Gasteiger partial charge < -0.3 is 4.90 Å². The second-order valence-corrected chi connectivity index (χ2v) is 5.00. The second kappa shape index (κ2) is 4.92. The van der Waals surface area contributed by atoms with Gasteiger partial charge in [-0.2, -0.15) is 5.10 Å². The van der Waals surface area contributed by atoms with Crippen molar-refractivity contribution in [1.29, 1.82) is 0 Å². The van der Waals surface area contributed by atoms with E-state index in [1.54, 1.807) is 22.6 Å². The third kappa shape index (κ3) is 2.44. The van der Waals surface area contributed by atoms with Crippen LogP contribution >= 0.6 is 0 Å². The molecule has 1 saturated heterocycles. The van der Waals surface area contributed by atoms with Crippen molar-refractivity contribution in [2.75, 3.05) is 6.54 Å². The zero-order valence-corrected chi connectivity index (χ0v) is 11.1. The van der Waals surface area contributed by atoms with Crippen molar-refractivity contribution in [1.82, 2.24) is 14.7 Å². The Kier molecular flexibility index (Phi) is 3.50. The maximum Gasteiger partial charge on any atom is 0.274 e. The Balaban J connectivity index is 2.15. The third-order valence-electron chi connectivity index (χ3n) is 3.49. The Bertz CT molecular complexity index is 459. The minimum Gasteiger partial charge on any atom is -0.334 e. The van der Waals surface area contributed by atoms with Gasteiger partial charge in [0.1, 0.15) is 5.78 Å². The van der Waals surface area contributed by atoms with Gasteiger partial charge in [-0.05, 0) is 32.8 Å². The molecule has 2 heterocycles. The molecule has 1 aliphatic rings. The summed E-state index contributed by atoms with van der Waals surface area (Å²) in [5.74, 6) is 0.0827.